The molecule has 1 aliphatic rings. The molecule has 11 heavy (non-hydrogen) atoms. The Kier molecular flexibility index (Phi) is 4.38. The molecule has 0 saturated heterocycles. The SMILES string of the molecule is OCCCNC1=NCCSC1. The lowest BCUT2D eigenvalue weighted by Gasteiger charge is -2.12. The molecule has 0 radical (unpaired) electrons. The van der Waals surface area contributed by atoms with Crippen molar-refractivity contribution in [3.8, 4) is 0 Å². The van der Waals surface area contributed by atoms with Gasteiger partial charge in [0.05, 0.1) is 12.3 Å². The van der Waals surface area contributed by atoms with E-state index < -0.39 is 0 Å². The molecule has 0 bridgehead atoms. The molecule has 0 spiro atoms. The largest absolute Gasteiger partial charge is 0.396 e. The summed E-state index contributed by atoms with van der Waals surface area (Å²) < 4.78 is 0. The summed E-state index contributed by atoms with van der Waals surface area (Å²) in [5.41, 5.74) is 0. The first-order chi connectivity index (χ1) is 5.43. The Labute approximate surface area is 71.3 Å². The number of hydrogen-bond acceptors (Lipinski definition) is 4. The molecular formula is C7H14N2OS. The zero-order valence-corrected chi connectivity index (χ0v) is 7.36. The normalized spacial score (nSPS) is 17.7. The Balaban J connectivity index is 2.09. The molecule has 0 amide bonds. The van der Waals surface area contributed by atoms with E-state index in [4.69, 9.17) is 5.11 Å². The van der Waals surface area contributed by atoms with Crippen molar-refractivity contribution in [3.05, 3.63) is 0 Å². The second-order valence-corrected chi connectivity index (χ2v) is 3.49. The number of nitrogens with zero attached hydrogens (tertiary/aromatic N) is 1. The van der Waals surface area contributed by atoms with E-state index in [1.165, 1.54) is 0 Å². The third-order valence-electron chi connectivity index (χ3n) is 1.44. The standard InChI is InChI=1S/C7H14N2OS/c10-4-1-2-8-7-6-11-5-3-9-7/h10H,1-6H2,(H,8,9). The molecule has 0 aromatic rings. The monoisotopic (exact) mass is 174 g/mol. The van der Waals surface area contributed by atoms with E-state index >= 15 is 0 Å². The summed E-state index contributed by atoms with van der Waals surface area (Å²) in [7, 11) is 0. The third-order valence-corrected chi connectivity index (χ3v) is 2.39. The number of aliphatic imine (C=N–C) groups is 1. The molecule has 0 unspecified atom stereocenters. The van der Waals surface area contributed by atoms with Crippen LogP contribution in [-0.2, 0) is 0 Å². The van der Waals surface area contributed by atoms with Crippen LogP contribution in [0.3, 0.4) is 0 Å². The summed E-state index contributed by atoms with van der Waals surface area (Å²) in [6.45, 7) is 2.04. The van der Waals surface area contributed by atoms with E-state index in [2.05, 4.69) is 10.3 Å². The van der Waals surface area contributed by atoms with E-state index in [9.17, 15) is 0 Å². The van der Waals surface area contributed by atoms with Crippen molar-refractivity contribution in [1.29, 1.82) is 0 Å². The predicted octanol–water partition coefficient (Wildman–Crippen LogP) is 0.104. The van der Waals surface area contributed by atoms with E-state index in [-0.39, 0.29) is 6.61 Å². The molecule has 0 saturated carbocycles. The molecule has 64 valence electrons. The molecular weight excluding hydrogens is 160 g/mol. The van der Waals surface area contributed by atoms with Gasteiger partial charge >= 0.3 is 0 Å². The summed E-state index contributed by atoms with van der Waals surface area (Å²) in [6, 6.07) is 0. The highest BCUT2D eigenvalue weighted by molar-refractivity contribution is 8.00. The first kappa shape index (κ1) is 8.87. The van der Waals surface area contributed by atoms with E-state index in [1.807, 2.05) is 11.8 Å². The maximum absolute atomic E-state index is 8.51. The number of aliphatic hydroxyl groups is 1. The highest BCUT2D eigenvalue weighted by atomic mass is 32.2. The van der Waals surface area contributed by atoms with Gasteiger partial charge in [0, 0.05) is 18.9 Å². The Morgan fingerprint density at radius 3 is 3.18 bits per heavy atom. The van der Waals surface area contributed by atoms with Crippen LogP contribution in [0, 0.1) is 0 Å². The summed E-state index contributed by atoms with van der Waals surface area (Å²) in [4.78, 5) is 4.30. The zero-order valence-electron chi connectivity index (χ0n) is 6.55. The minimum atomic E-state index is 0.257. The van der Waals surface area contributed by atoms with Gasteiger partial charge in [0.2, 0.25) is 0 Å². The fourth-order valence-electron chi connectivity index (χ4n) is 0.878. The molecule has 0 aromatic heterocycles. The average Bonchev–Trinajstić information content (AvgIpc) is 2.07. The van der Waals surface area contributed by atoms with Gasteiger partial charge in [-0.3, -0.25) is 4.99 Å². The molecule has 3 nitrogen and oxygen atoms in total. The van der Waals surface area contributed by atoms with Crippen LogP contribution < -0.4 is 5.32 Å². The quantitative estimate of drug-likeness (QED) is 0.597. The van der Waals surface area contributed by atoms with Gasteiger partial charge < -0.3 is 10.4 Å². The van der Waals surface area contributed by atoms with Crippen molar-refractivity contribution >= 4 is 17.6 Å². The second kappa shape index (κ2) is 5.43. The first-order valence-corrected chi connectivity index (χ1v) is 5.05. The summed E-state index contributed by atoms with van der Waals surface area (Å²) >= 11 is 1.91. The zero-order chi connectivity index (χ0) is 7.94. The number of rotatable bonds is 3. The summed E-state index contributed by atoms with van der Waals surface area (Å²) in [5.74, 6) is 3.24. The number of thioether (sulfide) groups is 1. The summed E-state index contributed by atoms with van der Waals surface area (Å²) in [5, 5.41) is 11.7. The topological polar surface area (TPSA) is 44.6 Å². The Bertz CT molecular complexity index is 138. The Morgan fingerprint density at radius 2 is 2.55 bits per heavy atom. The highest BCUT2D eigenvalue weighted by Gasteiger charge is 2.02. The Morgan fingerprint density at radius 1 is 1.64 bits per heavy atom. The third kappa shape index (κ3) is 3.62. The van der Waals surface area contributed by atoms with Gasteiger partial charge in [-0.05, 0) is 6.42 Å². The Hall–Kier alpha value is -0.220. The highest BCUT2D eigenvalue weighted by Crippen LogP contribution is 2.04. The maximum atomic E-state index is 8.51. The smallest absolute Gasteiger partial charge is 0.106 e. The van der Waals surface area contributed by atoms with Crippen LogP contribution in [0.15, 0.2) is 4.99 Å². The fourth-order valence-corrected chi connectivity index (χ4v) is 1.63. The van der Waals surface area contributed by atoms with Crippen LogP contribution in [0.25, 0.3) is 0 Å². The molecule has 0 fully saturated rings. The average molecular weight is 174 g/mol. The predicted molar refractivity (Wildman–Crippen MR) is 49.3 cm³/mol. The molecule has 1 rings (SSSR count). The van der Waals surface area contributed by atoms with Crippen molar-refractivity contribution in [2.75, 3.05) is 31.2 Å². The summed E-state index contributed by atoms with van der Waals surface area (Å²) in [6.07, 6.45) is 0.809. The van der Waals surface area contributed by atoms with E-state index in [0.29, 0.717) is 0 Å². The lowest BCUT2D eigenvalue weighted by atomic mass is 10.4. The number of amidine groups is 1. The number of aliphatic hydroxyl groups excluding tert-OH is 1. The second-order valence-electron chi connectivity index (χ2n) is 2.38. The van der Waals surface area contributed by atoms with Gasteiger partial charge in [-0.1, -0.05) is 0 Å². The van der Waals surface area contributed by atoms with Crippen molar-refractivity contribution in [3.63, 3.8) is 0 Å². The number of hydrogen-bond donors (Lipinski definition) is 2. The molecule has 1 aliphatic heterocycles. The van der Waals surface area contributed by atoms with Crippen molar-refractivity contribution in [2.45, 2.75) is 6.42 Å². The van der Waals surface area contributed by atoms with Crippen molar-refractivity contribution < 1.29 is 5.11 Å². The minimum Gasteiger partial charge on any atom is -0.396 e. The molecule has 1 heterocycles. The molecule has 2 N–H and O–H groups in total. The van der Waals surface area contributed by atoms with Gasteiger partial charge in [0.15, 0.2) is 0 Å². The minimum absolute atomic E-state index is 0.257. The van der Waals surface area contributed by atoms with Crippen LogP contribution in [0.5, 0.6) is 0 Å². The molecule has 0 aromatic carbocycles. The van der Waals surface area contributed by atoms with Gasteiger partial charge in [-0.2, -0.15) is 11.8 Å². The van der Waals surface area contributed by atoms with Gasteiger partial charge in [-0.25, -0.2) is 0 Å². The van der Waals surface area contributed by atoms with Crippen LogP contribution in [-0.4, -0.2) is 42.1 Å². The van der Waals surface area contributed by atoms with Crippen LogP contribution in [0.2, 0.25) is 0 Å². The maximum Gasteiger partial charge on any atom is 0.106 e. The van der Waals surface area contributed by atoms with E-state index in [1.54, 1.807) is 0 Å². The van der Waals surface area contributed by atoms with Gasteiger partial charge in [0.1, 0.15) is 5.84 Å². The van der Waals surface area contributed by atoms with Crippen LogP contribution in [0.4, 0.5) is 0 Å². The first-order valence-electron chi connectivity index (χ1n) is 3.89. The van der Waals surface area contributed by atoms with Crippen molar-refractivity contribution in [1.82, 2.24) is 5.32 Å². The molecule has 0 atom stereocenters. The van der Waals surface area contributed by atoms with Gasteiger partial charge in [-0.15, -0.1) is 0 Å². The van der Waals surface area contributed by atoms with E-state index in [0.717, 1.165) is 36.9 Å². The molecule has 4 heteroatoms. The fraction of sp³-hybridized carbons (Fsp3) is 0.857. The lowest BCUT2D eigenvalue weighted by molar-refractivity contribution is 0.289. The molecule has 0 aliphatic carbocycles. The van der Waals surface area contributed by atoms with Crippen LogP contribution >= 0.6 is 11.8 Å². The van der Waals surface area contributed by atoms with Crippen molar-refractivity contribution in [2.24, 2.45) is 4.99 Å². The lowest BCUT2D eigenvalue weighted by Crippen LogP contribution is -2.29. The number of nitrogens with one attached hydrogen (secondary N) is 1. The van der Waals surface area contributed by atoms with Crippen LogP contribution in [0.1, 0.15) is 6.42 Å². The van der Waals surface area contributed by atoms with Gasteiger partial charge in [0.25, 0.3) is 0 Å².